The third kappa shape index (κ3) is 4.65. The first-order valence-electron chi connectivity index (χ1n) is 8.54. The predicted octanol–water partition coefficient (Wildman–Crippen LogP) is 1.57. The minimum absolute atomic E-state index is 0.123. The predicted molar refractivity (Wildman–Crippen MR) is 100.0 cm³/mol. The zero-order valence-electron chi connectivity index (χ0n) is 14.6. The van der Waals surface area contributed by atoms with Crippen molar-refractivity contribution in [3.8, 4) is 11.5 Å². The second-order valence-electron chi connectivity index (χ2n) is 6.04. The highest BCUT2D eigenvalue weighted by Gasteiger charge is 2.10. The Morgan fingerprint density at radius 2 is 1.85 bits per heavy atom. The molecular formula is C19H23N3O4. The number of hydrogen-bond donors (Lipinski definition) is 4. The molecule has 0 aliphatic heterocycles. The van der Waals surface area contributed by atoms with Crippen molar-refractivity contribution < 1.29 is 14.6 Å². The average Bonchev–Trinajstić information content (AvgIpc) is 3.04. The first-order valence-corrected chi connectivity index (χ1v) is 8.54. The van der Waals surface area contributed by atoms with Crippen LogP contribution in [0, 0.1) is 6.92 Å². The molecule has 1 atom stereocenters. The van der Waals surface area contributed by atoms with Crippen LogP contribution >= 0.6 is 0 Å². The molecule has 1 aromatic heterocycles. The lowest BCUT2D eigenvalue weighted by atomic mass is 10.2. The van der Waals surface area contributed by atoms with E-state index in [1.165, 1.54) is 0 Å². The fourth-order valence-electron chi connectivity index (χ4n) is 2.62. The van der Waals surface area contributed by atoms with Crippen LogP contribution in [-0.2, 0) is 0 Å². The van der Waals surface area contributed by atoms with Gasteiger partial charge in [0.2, 0.25) is 0 Å². The first kappa shape index (κ1) is 18.0. The van der Waals surface area contributed by atoms with Gasteiger partial charge >= 0.3 is 5.69 Å². The van der Waals surface area contributed by atoms with Crippen LogP contribution in [0.2, 0.25) is 0 Å². The number of imidazole rings is 1. The van der Waals surface area contributed by atoms with Gasteiger partial charge in [0.1, 0.15) is 36.3 Å². The minimum Gasteiger partial charge on any atom is -0.492 e. The van der Waals surface area contributed by atoms with Gasteiger partial charge in [-0.3, -0.25) is 0 Å². The Morgan fingerprint density at radius 3 is 2.65 bits per heavy atom. The van der Waals surface area contributed by atoms with Gasteiger partial charge in [0.25, 0.3) is 0 Å². The summed E-state index contributed by atoms with van der Waals surface area (Å²) in [4.78, 5) is 17.0. The largest absolute Gasteiger partial charge is 0.492 e. The summed E-state index contributed by atoms with van der Waals surface area (Å²) in [5.41, 5.74) is 2.01. The number of H-pyrrole nitrogens is 2. The van der Waals surface area contributed by atoms with Crippen LogP contribution in [0.25, 0.3) is 11.0 Å². The topological polar surface area (TPSA) is 99.4 Å². The lowest BCUT2D eigenvalue weighted by molar-refractivity contribution is 0.106. The van der Waals surface area contributed by atoms with Crippen LogP contribution in [0.4, 0.5) is 0 Å². The Kier molecular flexibility index (Phi) is 5.93. The molecular weight excluding hydrogens is 334 g/mol. The molecule has 0 aliphatic carbocycles. The molecule has 26 heavy (non-hydrogen) atoms. The van der Waals surface area contributed by atoms with Crippen molar-refractivity contribution in [3.63, 3.8) is 0 Å². The SMILES string of the molecule is Cc1ccc(OCC(O)CNCCOc2ccccc2)c2[nH]c(=O)[nH]c12. The maximum Gasteiger partial charge on any atom is 0.323 e. The van der Waals surface area contributed by atoms with E-state index >= 15 is 0 Å². The molecule has 0 spiro atoms. The summed E-state index contributed by atoms with van der Waals surface area (Å²) in [5.74, 6) is 1.36. The van der Waals surface area contributed by atoms with Crippen LogP contribution in [0.1, 0.15) is 5.56 Å². The molecule has 3 aromatic rings. The van der Waals surface area contributed by atoms with Crippen LogP contribution in [0.5, 0.6) is 11.5 Å². The third-order valence-corrected chi connectivity index (χ3v) is 3.95. The number of aliphatic hydroxyl groups excluding tert-OH is 1. The van der Waals surface area contributed by atoms with Gasteiger partial charge in [-0.1, -0.05) is 24.3 Å². The molecule has 7 nitrogen and oxygen atoms in total. The summed E-state index contributed by atoms with van der Waals surface area (Å²) in [6.45, 7) is 3.55. The number of aromatic amines is 2. The van der Waals surface area contributed by atoms with Crippen molar-refractivity contribution in [2.24, 2.45) is 0 Å². The van der Waals surface area contributed by atoms with Crippen molar-refractivity contribution in [2.45, 2.75) is 13.0 Å². The molecule has 4 N–H and O–H groups in total. The molecule has 0 fully saturated rings. The molecule has 0 saturated carbocycles. The van der Waals surface area contributed by atoms with E-state index < -0.39 is 6.10 Å². The van der Waals surface area contributed by atoms with Gasteiger partial charge in [0.15, 0.2) is 0 Å². The number of ether oxygens (including phenoxy) is 2. The van der Waals surface area contributed by atoms with E-state index in [9.17, 15) is 9.90 Å². The Bertz CT molecular complexity index is 889. The molecule has 0 amide bonds. The van der Waals surface area contributed by atoms with E-state index in [0.717, 1.165) is 16.8 Å². The van der Waals surface area contributed by atoms with Crippen LogP contribution < -0.4 is 20.5 Å². The van der Waals surface area contributed by atoms with Crippen molar-refractivity contribution in [1.29, 1.82) is 0 Å². The lowest BCUT2D eigenvalue weighted by Crippen LogP contribution is -2.33. The number of rotatable bonds is 9. The van der Waals surface area contributed by atoms with E-state index in [1.807, 2.05) is 43.3 Å². The molecule has 7 heteroatoms. The molecule has 2 aromatic carbocycles. The van der Waals surface area contributed by atoms with Crippen molar-refractivity contribution in [3.05, 3.63) is 58.5 Å². The summed E-state index contributed by atoms with van der Waals surface area (Å²) in [7, 11) is 0. The number of para-hydroxylation sites is 1. The van der Waals surface area contributed by atoms with E-state index in [0.29, 0.717) is 31.0 Å². The third-order valence-electron chi connectivity index (χ3n) is 3.95. The Hall–Kier alpha value is -2.77. The summed E-state index contributed by atoms with van der Waals surface area (Å²) in [5, 5.41) is 13.2. The first-order chi connectivity index (χ1) is 12.6. The summed E-state index contributed by atoms with van der Waals surface area (Å²) >= 11 is 0. The van der Waals surface area contributed by atoms with Crippen LogP contribution in [0.15, 0.2) is 47.3 Å². The molecule has 1 heterocycles. The van der Waals surface area contributed by atoms with E-state index in [1.54, 1.807) is 6.07 Å². The Balaban J connectivity index is 1.41. The summed E-state index contributed by atoms with van der Waals surface area (Å²) in [6, 6.07) is 13.2. The second-order valence-corrected chi connectivity index (χ2v) is 6.04. The highest BCUT2D eigenvalue weighted by Crippen LogP contribution is 2.24. The highest BCUT2D eigenvalue weighted by atomic mass is 16.5. The fraction of sp³-hybridized carbons (Fsp3) is 0.316. The molecule has 138 valence electrons. The van der Waals surface area contributed by atoms with Gasteiger partial charge in [-0.2, -0.15) is 0 Å². The maximum absolute atomic E-state index is 11.5. The van der Waals surface area contributed by atoms with E-state index in [2.05, 4.69) is 15.3 Å². The Morgan fingerprint density at radius 1 is 1.08 bits per heavy atom. The van der Waals surface area contributed by atoms with Gasteiger partial charge in [-0.05, 0) is 30.7 Å². The number of hydrogen-bond acceptors (Lipinski definition) is 5. The average molecular weight is 357 g/mol. The fourth-order valence-corrected chi connectivity index (χ4v) is 2.62. The molecule has 0 aliphatic rings. The molecule has 0 bridgehead atoms. The molecule has 0 radical (unpaired) electrons. The maximum atomic E-state index is 11.5. The number of fused-ring (bicyclic) bond motifs is 1. The summed E-state index contributed by atoms with van der Waals surface area (Å²) < 4.78 is 11.2. The normalized spacial score (nSPS) is 12.2. The van der Waals surface area contributed by atoms with Gasteiger partial charge < -0.3 is 29.9 Å². The number of benzene rings is 2. The number of aromatic nitrogens is 2. The minimum atomic E-state index is -0.672. The summed E-state index contributed by atoms with van der Waals surface area (Å²) in [6.07, 6.45) is -0.672. The smallest absolute Gasteiger partial charge is 0.323 e. The number of nitrogens with one attached hydrogen (secondary N) is 3. The van der Waals surface area contributed by atoms with Gasteiger partial charge in [0.05, 0.1) is 5.52 Å². The van der Waals surface area contributed by atoms with E-state index in [4.69, 9.17) is 9.47 Å². The zero-order valence-corrected chi connectivity index (χ0v) is 14.6. The van der Waals surface area contributed by atoms with Crippen molar-refractivity contribution >= 4 is 11.0 Å². The highest BCUT2D eigenvalue weighted by molar-refractivity contribution is 5.84. The van der Waals surface area contributed by atoms with Crippen LogP contribution in [-0.4, -0.2) is 47.5 Å². The van der Waals surface area contributed by atoms with Crippen molar-refractivity contribution in [2.75, 3.05) is 26.3 Å². The monoisotopic (exact) mass is 357 g/mol. The molecule has 3 rings (SSSR count). The number of aryl methyl sites for hydroxylation is 1. The van der Waals surface area contributed by atoms with Crippen LogP contribution in [0.3, 0.4) is 0 Å². The van der Waals surface area contributed by atoms with Gasteiger partial charge in [-0.25, -0.2) is 4.79 Å². The molecule has 0 saturated heterocycles. The second kappa shape index (κ2) is 8.55. The van der Waals surface area contributed by atoms with Gasteiger partial charge in [0, 0.05) is 13.1 Å². The van der Waals surface area contributed by atoms with E-state index in [-0.39, 0.29) is 12.3 Å². The van der Waals surface area contributed by atoms with Crippen molar-refractivity contribution in [1.82, 2.24) is 15.3 Å². The quantitative estimate of drug-likeness (QED) is 0.436. The molecule has 1 unspecified atom stereocenters. The lowest BCUT2D eigenvalue weighted by Gasteiger charge is -2.14. The zero-order chi connectivity index (χ0) is 18.4. The Labute approximate surface area is 151 Å². The number of aliphatic hydroxyl groups is 1. The van der Waals surface area contributed by atoms with Gasteiger partial charge in [-0.15, -0.1) is 0 Å². The standard InChI is InChI=1S/C19H23N3O4/c1-13-7-8-16(18-17(13)21-19(24)22-18)26-12-14(23)11-20-9-10-25-15-5-3-2-4-6-15/h2-8,14,20,23H,9-12H2,1H3,(H2,21,22,24).